The van der Waals surface area contributed by atoms with Crippen molar-refractivity contribution in [2.45, 2.75) is 32.4 Å². The lowest BCUT2D eigenvalue weighted by molar-refractivity contribution is 0.276. The van der Waals surface area contributed by atoms with Crippen LogP contribution in [0, 0.1) is 18.8 Å². The van der Waals surface area contributed by atoms with E-state index in [0.717, 1.165) is 37.4 Å². The van der Waals surface area contributed by atoms with Crippen molar-refractivity contribution in [3.8, 4) is 23.4 Å². The van der Waals surface area contributed by atoms with Gasteiger partial charge in [0.2, 0.25) is 5.82 Å². The summed E-state index contributed by atoms with van der Waals surface area (Å²) in [6, 6.07) is 5.68. The predicted molar refractivity (Wildman–Crippen MR) is 104 cm³/mol. The maximum Gasteiger partial charge on any atom is 0.218 e. The van der Waals surface area contributed by atoms with Gasteiger partial charge in [-0.2, -0.15) is 0 Å². The fraction of sp³-hybridized carbons (Fsp3) is 0.300. The summed E-state index contributed by atoms with van der Waals surface area (Å²) in [4.78, 5) is 11.1. The second kappa shape index (κ2) is 7.07. The highest BCUT2D eigenvalue weighted by Crippen LogP contribution is 2.21. The monoisotopic (exact) mass is 389 g/mol. The summed E-state index contributed by atoms with van der Waals surface area (Å²) in [6.45, 7) is 3.60. The fourth-order valence-corrected chi connectivity index (χ4v) is 3.52. The van der Waals surface area contributed by atoms with Crippen LogP contribution >= 0.6 is 0 Å². The molecule has 0 spiro atoms. The molecule has 0 aromatic carbocycles. The summed E-state index contributed by atoms with van der Waals surface area (Å²) in [5.74, 6) is 8.60. The van der Waals surface area contributed by atoms with Crippen molar-refractivity contribution < 1.29 is 8.94 Å². The van der Waals surface area contributed by atoms with Crippen molar-refractivity contribution in [1.29, 1.82) is 0 Å². The van der Waals surface area contributed by atoms with Crippen LogP contribution in [-0.2, 0) is 6.54 Å². The zero-order valence-corrected chi connectivity index (χ0v) is 15.9. The van der Waals surface area contributed by atoms with Gasteiger partial charge in [-0.3, -0.25) is 4.90 Å². The normalized spacial score (nSPS) is 16.9. The third-order valence-corrected chi connectivity index (χ3v) is 4.86. The fourth-order valence-electron chi connectivity index (χ4n) is 3.52. The van der Waals surface area contributed by atoms with E-state index in [9.17, 15) is 0 Å². The van der Waals surface area contributed by atoms with E-state index < -0.39 is 0 Å². The van der Waals surface area contributed by atoms with Gasteiger partial charge in [0.1, 0.15) is 11.5 Å². The highest BCUT2D eigenvalue weighted by Gasteiger charge is 2.23. The average Bonchev–Trinajstić information content (AvgIpc) is 3.48. The van der Waals surface area contributed by atoms with E-state index in [1.165, 1.54) is 0 Å². The molecule has 0 radical (unpaired) electrons. The SMILES string of the molecule is Cc1cc(CN2CCCC2C#Cc2cn3nc(-c4ccco4)nc3c(N)n2)no1. The molecule has 1 atom stereocenters. The number of anilines is 1. The number of likely N-dealkylation sites (tertiary alicyclic amines) is 1. The van der Waals surface area contributed by atoms with Gasteiger partial charge in [-0.1, -0.05) is 11.1 Å². The maximum absolute atomic E-state index is 6.08. The molecule has 1 aliphatic heterocycles. The first-order chi connectivity index (χ1) is 14.2. The molecule has 4 aromatic rings. The van der Waals surface area contributed by atoms with E-state index in [4.69, 9.17) is 14.7 Å². The standard InChI is InChI=1S/C20H19N7O2/c1-13-10-15(25-29-13)11-26-8-2-4-16(26)7-6-14-12-27-20(18(21)22-14)23-19(24-27)17-5-3-9-28-17/h3,5,9-10,12,16H,2,4,8,11H2,1H3,(H2,21,22). The van der Waals surface area contributed by atoms with Crippen molar-refractivity contribution in [1.82, 2.24) is 29.6 Å². The van der Waals surface area contributed by atoms with Gasteiger partial charge in [-0.05, 0) is 44.4 Å². The van der Waals surface area contributed by atoms with Gasteiger partial charge in [0.15, 0.2) is 17.2 Å². The zero-order chi connectivity index (χ0) is 19.8. The van der Waals surface area contributed by atoms with Crippen LogP contribution in [0.1, 0.15) is 30.0 Å². The minimum absolute atomic E-state index is 0.139. The molecule has 0 aliphatic carbocycles. The number of nitrogens with two attached hydrogens (primary N) is 1. The number of rotatable bonds is 3. The molecule has 0 saturated carbocycles. The summed E-state index contributed by atoms with van der Waals surface area (Å²) in [6.07, 6.45) is 5.42. The third-order valence-electron chi connectivity index (χ3n) is 4.86. The number of nitrogen functional groups attached to an aromatic ring is 1. The Morgan fingerprint density at radius 3 is 3.07 bits per heavy atom. The molecule has 1 fully saturated rings. The molecule has 4 aromatic heterocycles. The second-order valence-corrected chi connectivity index (χ2v) is 7.02. The Morgan fingerprint density at radius 1 is 1.34 bits per heavy atom. The largest absolute Gasteiger partial charge is 0.461 e. The Balaban J connectivity index is 1.39. The Bertz CT molecular complexity index is 1210. The van der Waals surface area contributed by atoms with E-state index in [-0.39, 0.29) is 11.9 Å². The van der Waals surface area contributed by atoms with E-state index in [0.29, 0.717) is 22.9 Å². The van der Waals surface area contributed by atoms with Crippen LogP contribution < -0.4 is 5.73 Å². The van der Waals surface area contributed by atoms with Gasteiger partial charge in [0.25, 0.3) is 0 Å². The Hall–Kier alpha value is -3.64. The van der Waals surface area contributed by atoms with Gasteiger partial charge in [0.05, 0.1) is 24.2 Å². The van der Waals surface area contributed by atoms with Crippen LogP contribution in [0.5, 0.6) is 0 Å². The number of hydrogen-bond donors (Lipinski definition) is 1. The molecule has 1 aliphatic rings. The molecular weight excluding hydrogens is 370 g/mol. The van der Waals surface area contributed by atoms with Crippen molar-refractivity contribution in [3.05, 3.63) is 47.8 Å². The number of hydrogen-bond acceptors (Lipinski definition) is 8. The molecule has 9 nitrogen and oxygen atoms in total. The van der Waals surface area contributed by atoms with E-state index in [1.807, 2.05) is 13.0 Å². The minimum atomic E-state index is 0.139. The van der Waals surface area contributed by atoms with Crippen LogP contribution in [0.25, 0.3) is 17.2 Å². The number of furan rings is 1. The molecular formula is C20H19N7O2. The Kier molecular flexibility index (Phi) is 4.26. The minimum Gasteiger partial charge on any atom is -0.461 e. The third kappa shape index (κ3) is 3.46. The van der Waals surface area contributed by atoms with Crippen LogP contribution in [0.3, 0.4) is 0 Å². The first kappa shape index (κ1) is 17.5. The van der Waals surface area contributed by atoms with Crippen LogP contribution in [0.15, 0.2) is 39.6 Å². The Morgan fingerprint density at radius 2 is 2.28 bits per heavy atom. The van der Waals surface area contributed by atoms with E-state index in [1.54, 1.807) is 29.1 Å². The average molecular weight is 389 g/mol. The molecule has 0 bridgehead atoms. The number of fused-ring (bicyclic) bond motifs is 1. The number of aryl methyl sites for hydroxylation is 1. The summed E-state index contributed by atoms with van der Waals surface area (Å²) < 4.78 is 12.1. The lowest BCUT2D eigenvalue weighted by Crippen LogP contribution is -2.27. The molecule has 5 heterocycles. The summed E-state index contributed by atoms with van der Waals surface area (Å²) in [5, 5.41) is 8.51. The highest BCUT2D eigenvalue weighted by atomic mass is 16.5. The molecule has 1 saturated heterocycles. The lowest BCUT2D eigenvalue weighted by atomic mass is 10.2. The van der Waals surface area contributed by atoms with Crippen molar-refractivity contribution >= 4 is 11.5 Å². The molecule has 9 heteroatoms. The van der Waals surface area contributed by atoms with Crippen LogP contribution in [0.4, 0.5) is 5.82 Å². The maximum atomic E-state index is 6.08. The van der Waals surface area contributed by atoms with Gasteiger partial charge in [-0.25, -0.2) is 14.5 Å². The number of aromatic nitrogens is 5. The van der Waals surface area contributed by atoms with E-state index >= 15 is 0 Å². The Labute approximate surface area is 166 Å². The smallest absolute Gasteiger partial charge is 0.218 e. The topological polar surface area (TPSA) is 112 Å². The van der Waals surface area contributed by atoms with Crippen LogP contribution in [-0.4, -0.2) is 42.2 Å². The predicted octanol–water partition coefficient (Wildman–Crippen LogP) is 2.28. The van der Waals surface area contributed by atoms with E-state index in [2.05, 4.69) is 37.0 Å². The highest BCUT2D eigenvalue weighted by molar-refractivity contribution is 5.63. The summed E-state index contributed by atoms with van der Waals surface area (Å²) >= 11 is 0. The van der Waals surface area contributed by atoms with Gasteiger partial charge in [0, 0.05) is 12.6 Å². The molecule has 146 valence electrons. The lowest BCUT2D eigenvalue weighted by Gasteiger charge is -2.18. The van der Waals surface area contributed by atoms with Crippen molar-refractivity contribution in [2.75, 3.05) is 12.3 Å². The van der Waals surface area contributed by atoms with Crippen molar-refractivity contribution in [3.63, 3.8) is 0 Å². The molecule has 5 rings (SSSR count). The first-order valence-corrected chi connectivity index (χ1v) is 9.40. The first-order valence-electron chi connectivity index (χ1n) is 9.40. The quantitative estimate of drug-likeness (QED) is 0.531. The number of nitrogens with zero attached hydrogens (tertiary/aromatic N) is 6. The second-order valence-electron chi connectivity index (χ2n) is 7.02. The summed E-state index contributed by atoms with van der Waals surface area (Å²) in [5.41, 5.74) is 8.03. The van der Waals surface area contributed by atoms with Gasteiger partial charge >= 0.3 is 0 Å². The molecule has 2 N–H and O–H groups in total. The molecule has 29 heavy (non-hydrogen) atoms. The molecule has 1 unspecified atom stereocenters. The van der Waals surface area contributed by atoms with Crippen molar-refractivity contribution in [2.24, 2.45) is 0 Å². The molecule has 0 amide bonds. The summed E-state index contributed by atoms with van der Waals surface area (Å²) in [7, 11) is 0. The van der Waals surface area contributed by atoms with Crippen LogP contribution in [0.2, 0.25) is 0 Å². The zero-order valence-electron chi connectivity index (χ0n) is 15.9. The van der Waals surface area contributed by atoms with Gasteiger partial charge in [-0.15, -0.1) is 5.10 Å². The van der Waals surface area contributed by atoms with Gasteiger partial charge < -0.3 is 14.7 Å².